The molecule has 7 nitrogen and oxygen atoms in total. The van der Waals surface area contributed by atoms with Gasteiger partial charge in [-0.1, -0.05) is 6.07 Å². The number of nitrogens with zero attached hydrogens (tertiary/aromatic N) is 3. The zero-order valence-electron chi connectivity index (χ0n) is 13.5. The number of hydrogen-bond acceptors (Lipinski definition) is 4. The molecule has 1 aliphatic heterocycles. The van der Waals surface area contributed by atoms with Gasteiger partial charge in [0.1, 0.15) is 5.41 Å². The molecular formula is C16H22N4O3. The fourth-order valence-electron chi connectivity index (χ4n) is 2.42. The summed E-state index contributed by atoms with van der Waals surface area (Å²) in [6.07, 6.45) is 2.44. The number of hydrogen-bond donors (Lipinski definition) is 1. The monoisotopic (exact) mass is 318 g/mol. The van der Waals surface area contributed by atoms with Crippen molar-refractivity contribution in [3.63, 3.8) is 0 Å². The van der Waals surface area contributed by atoms with Gasteiger partial charge in [0.25, 0.3) is 0 Å². The first-order valence-corrected chi connectivity index (χ1v) is 7.62. The van der Waals surface area contributed by atoms with Crippen LogP contribution in [-0.2, 0) is 20.9 Å². The number of rotatable bonds is 5. The van der Waals surface area contributed by atoms with Crippen LogP contribution < -0.4 is 5.32 Å². The first-order chi connectivity index (χ1) is 10.9. The van der Waals surface area contributed by atoms with Crippen molar-refractivity contribution in [1.82, 2.24) is 20.1 Å². The first kappa shape index (κ1) is 16.9. The van der Waals surface area contributed by atoms with Crippen LogP contribution in [0.4, 0.5) is 0 Å². The lowest BCUT2D eigenvalue weighted by molar-refractivity contribution is -0.150. The van der Waals surface area contributed by atoms with Crippen molar-refractivity contribution < 1.29 is 14.4 Å². The van der Waals surface area contributed by atoms with Gasteiger partial charge >= 0.3 is 0 Å². The van der Waals surface area contributed by atoms with Crippen molar-refractivity contribution in [3.8, 4) is 0 Å². The van der Waals surface area contributed by atoms with E-state index in [2.05, 4.69) is 10.3 Å². The summed E-state index contributed by atoms with van der Waals surface area (Å²) in [5, 5.41) is 2.76. The summed E-state index contributed by atoms with van der Waals surface area (Å²) in [4.78, 5) is 43.1. The molecule has 3 amide bonds. The summed E-state index contributed by atoms with van der Waals surface area (Å²) < 4.78 is 0. The lowest BCUT2D eigenvalue weighted by Gasteiger charge is -2.36. The number of nitrogens with one attached hydrogen (secondary N) is 1. The molecule has 0 unspecified atom stereocenters. The minimum atomic E-state index is -1.15. The molecule has 0 atom stereocenters. The molecule has 0 bridgehead atoms. The number of aromatic nitrogens is 1. The number of amides is 3. The molecule has 0 spiro atoms. The SMILES string of the molecule is CC(C)(C(=O)NCc1ccccn1)C(=O)N1CCN(C=O)CC1. The van der Waals surface area contributed by atoms with Gasteiger partial charge in [0.15, 0.2) is 0 Å². The van der Waals surface area contributed by atoms with Gasteiger partial charge in [0.05, 0.1) is 12.2 Å². The second-order valence-electron chi connectivity index (χ2n) is 6.06. The molecule has 1 fully saturated rings. The van der Waals surface area contributed by atoms with Crippen LogP contribution in [0.15, 0.2) is 24.4 Å². The smallest absolute Gasteiger partial charge is 0.237 e. The molecule has 0 saturated carbocycles. The number of piperazine rings is 1. The molecule has 1 aliphatic rings. The molecule has 1 aromatic rings. The van der Waals surface area contributed by atoms with Crippen LogP contribution in [0.25, 0.3) is 0 Å². The molecule has 2 rings (SSSR count). The lowest BCUT2D eigenvalue weighted by atomic mass is 9.90. The van der Waals surface area contributed by atoms with Crippen molar-refractivity contribution >= 4 is 18.2 Å². The summed E-state index contributed by atoms with van der Waals surface area (Å²) in [5.41, 5.74) is -0.415. The fourth-order valence-corrected chi connectivity index (χ4v) is 2.42. The van der Waals surface area contributed by atoms with E-state index in [-0.39, 0.29) is 18.4 Å². The van der Waals surface area contributed by atoms with Crippen molar-refractivity contribution in [3.05, 3.63) is 30.1 Å². The van der Waals surface area contributed by atoms with Gasteiger partial charge in [-0.05, 0) is 26.0 Å². The van der Waals surface area contributed by atoms with Crippen molar-refractivity contribution in [2.45, 2.75) is 20.4 Å². The van der Waals surface area contributed by atoms with E-state index < -0.39 is 5.41 Å². The van der Waals surface area contributed by atoms with Gasteiger partial charge in [-0.3, -0.25) is 19.4 Å². The second-order valence-corrected chi connectivity index (χ2v) is 6.06. The molecular weight excluding hydrogens is 296 g/mol. The van der Waals surface area contributed by atoms with E-state index in [9.17, 15) is 14.4 Å². The van der Waals surface area contributed by atoms with Gasteiger partial charge in [-0.15, -0.1) is 0 Å². The Morgan fingerprint density at radius 3 is 2.52 bits per heavy atom. The number of carbonyl (C=O) groups excluding carboxylic acids is 3. The highest BCUT2D eigenvalue weighted by atomic mass is 16.2. The minimum Gasteiger partial charge on any atom is -0.350 e. The Kier molecular flexibility index (Phi) is 5.31. The average molecular weight is 318 g/mol. The molecule has 2 heterocycles. The third kappa shape index (κ3) is 4.06. The predicted molar refractivity (Wildman–Crippen MR) is 84.1 cm³/mol. The Labute approximate surface area is 135 Å². The van der Waals surface area contributed by atoms with Gasteiger partial charge in [0.2, 0.25) is 18.2 Å². The van der Waals surface area contributed by atoms with Crippen molar-refractivity contribution in [2.24, 2.45) is 5.41 Å². The van der Waals surface area contributed by atoms with Crippen LogP contribution in [0.1, 0.15) is 19.5 Å². The third-order valence-corrected chi connectivity index (χ3v) is 4.01. The van der Waals surface area contributed by atoms with E-state index in [0.29, 0.717) is 26.2 Å². The first-order valence-electron chi connectivity index (χ1n) is 7.62. The Hall–Kier alpha value is -2.44. The van der Waals surface area contributed by atoms with E-state index in [0.717, 1.165) is 12.1 Å². The molecule has 1 saturated heterocycles. The van der Waals surface area contributed by atoms with Gasteiger partial charge in [-0.25, -0.2) is 0 Å². The van der Waals surface area contributed by atoms with Crippen LogP contribution in [0.5, 0.6) is 0 Å². The average Bonchev–Trinajstić information content (AvgIpc) is 2.59. The topological polar surface area (TPSA) is 82.6 Å². The Balaban J connectivity index is 1.92. The minimum absolute atomic E-state index is 0.221. The van der Waals surface area contributed by atoms with Gasteiger partial charge < -0.3 is 15.1 Å². The molecule has 124 valence electrons. The molecule has 1 N–H and O–H groups in total. The zero-order valence-corrected chi connectivity index (χ0v) is 13.5. The number of pyridine rings is 1. The second kappa shape index (κ2) is 7.21. The Morgan fingerprint density at radius 2 is 1.96 bits per heavy atom. The maximum atomic E-state index is 12.6. The van der Waals surface area contributed by atoms with Crippen LogP contribution in [-0.4, -0.2) is 59.2 Å². The normalized spacial score (nSPS) is 15.2. The van der Waals surface area contributed by atoms with Crippen LogP contribution in [0.2, 0.25) is 0 Å². The Bertz CT molecular complexity index is 566. The summed E-state index contributed by atoms with van der Waals surface area (Å²) in [6, 6.07) is 5.46. The fraction of sp³-hybridized carbons (Fsp3) is 0.500. The van der Waals surface area contributed by atoms with Gasteiger partial charge in [0, 0.05) is 32.4 Å². The highest BCUT2D eigenvalue weighted by Gasteiger charge is 2.39. The maximum Gasteiger partial charge on any atom is 0.237 e. The summed E-state index contributed by atoms with van der Waals surface area (Å²) in [6.45, 7) is 5.43. The Morgan fingerprint density at radius 1 is 1.26 bits per heavy atom. The third-order valence-electron chi connectivity index (χ3n) is 4.01. The highest BCUT2D eigenvalue weighted by Crippen LogP contribution is 2.20. The van der Waals surface area contributed by atoms with E-state index in [1.165, 1.54) is 0 Å². The summed E-state index contributed by atoms with van der Waals surface area (Å²) >= 11 is 0. The standard InChI is InChI=1S/C16H22N4O3/c1-16(2,14(22)18-11-13-5-3-4-6-17-13)15(23)20-9-7-19(12-21)8-10-20/h3-6,12H,7-11H2,1-2H3,(H,18,22). The van der Waals surface area contributed by atoms with Crippen molar-refractivity contribution in [1.29, 1.82) is 0 Å². The molecule has 0 radical (unpaired) electrons. The van der Waals surface area contributed by atoms with E-state index in [4.69, 9.17) is 0 Å². The van der Waals surface area contributed by atoms with E-state index in [1.54, 1.807) is 35.9 Å². The number of carbonyl (C=O) groups is 3. The molecule has 23 heavy (non-hydrogen) atoms. The summed E-state index contributed by atoms with van der Waals surface area (Å²) in [7, 11) is 0. The maximum absolute atomic E-state index is 12.6. The van der Waals surface area contributed by atoms with E-state index in [1.807, 2.05) is 12.1 Å². The van der Waals surface area contributed by atoms with Gasteiger partial charge in [-0.2, -0.15) is 0 Å². The van der Waals surface area contributed by atoms with Crippen LogP contribution in [0.3, 0.4) is 0 Å². The molecule has 7 heteroatoms. The van der Waals surface area contributed by atoms with E-state index >= 15 is 0 Å². The lowest BCUT2D eigenvalue weighted by Crippen LogP contribution is -2.55. The molecule has 0 aliphatic carbocycles. The quantitative estimate of drug-likeness (QED) is 0.613. The molecule has 0 aromatic carbocycles. The highest BCUT2D eigenvalue weighted by molar-refractivity contribution is 6.04. The zero-order chi connectivity index (χ0) is 16.9. The molecule has 1 aromatic heterocycles. The largest absolute Gasteiger partial charge is 0.350 e. The predicted octanol–water partition coefficient (Wildman–Crippen LogP) is 0.0246. The van der Waals surface area contributed by atoms with Crippen molar-refractivity contribution in [2.75, 3.05) is 26.2 Å². The van der Waals surface area contributed by atoms with Crippen LogP contribution >= 0.6 is 0 Å². The van der Waals surface area contributed by atoms with Crippen LogP contribution in [0, 0.1) is 5.41 Å². The summed E-state index contributed by atoms with van der Waals surface area (Å²) in [5.74, 6) is -0.549.